The smallest absolute Gasteiger partial charge is 0.309 e. The third-order valence-corrected chi connectivity index (χ3v) is 5.56. The third kappa shape index (κ3) is 4.27. The van der Waals surface area contributed by atoms with Gasteiger partial charge in [0.15, 0.2) is 0 Å². The monoisotopic (exact) mass is 466 g/mol. The molecule has 0 unspecified atom stereocenters. The number of nitrogens with one attached hydrogen (secondary N) is 1. The molecule has 0 aliphatic rings. The van der Waals surface area contributed by atoms with Gasteiger partial charge in [0.25, 0.3) is 0 Å². The van der Waals surface area contributed by atoms with Crippen molar-refractivity contribution in [3.63, 3.8) is 0 Å². The molecule has 0 fully saturated rings. The topological polar surface area (TPSA) is 93.5 Å². The van der Waals surface area contributed by atoms with E-state index in [0.29, 0.717) is 16.1 Å². The molecule has 3 N–H and O–H groups in total. The fraction of sp³-hybridized carbons (Fsp3) is 0. The Kier molecular flexibility index (Phi) is 5.81. The number of nitrogens with two attached hydrogens (primary N) is 1. The fourth-order valence-electron chi connectivity index (χ4n) is 3.66. The number of hydrogen-bond donors (Lipinski definition) is 2. The van der Waals surface area contributed by atoms with Crippen molar-refractivity contribution in [2.24, 2.45) is 5.10 Å². The van der Waals surface area contributed by atoms with Gasteiger partial charge in [-0.2, -0.15) is 5.10 Å². The number of benzene rings is 3. The van der Waals surface area contributed by atoms with Gasteiger partial charge in [-0.1, -0.05) is 84.4 Å². The number of carbonyl (C=O) groups excluding carboxylic acids is 1. The van der Waals surface area contributed by atoms with Gasteiger partial charge in [0.1, 0.15) is 0 Å². The van der Waals surface area contributed by atoms with Crippen LogP contribution in [0.15, 0.2) is 101 Å². The number of nitrogen functional groups attached to an aromatic ring is 1. The number of amides is 1. The minimum atomic E-state index is -0.569. The number of rotatable bonds is 5. The van der Waals surface area contributed by atoms with Gasteiger partial charge in [-0.15, -0.1) is 0 Å². The van der Waals surface area contributed by atoms with Crippen LogP contribution < -0.4 is 11.2 Å². The van der Waals surface area contributed by atoms with Crippen LogP contribution in [0.4, 0.5) is 5.69 Å². The minimum Gasteiger partial charge on any atom is -0.430 e. The number of pyridine rings is 1. The van der Waals surface area contributed by atoms with Gasteiger partial charge >= 0.3 is 5.91 Å². The lowest BCUT2D eigenvalue weighted by Crippen LogP contribution is -2.18. The summed E-state index contributed by atoms with van der Waals surface area (Å²) in [5, 5.41) is 5.20. The maximum absolute atomic E-state index is 12.8. The Morgan fingerprint density at radius 2 is 1.59 bits per heavy atom. The average molecular weight is 467 g/mol. The molecule has 1 amide bonds. The van der Waals surface area contributed by atoms with E-state index < -0.39 is 5.91 Å². The van der Waals surface area contributed by atoms with E-state index in [9.17, 15) is 4.79 Å². The zero-order chi connectivity index (χ0) is 23.5. The Morgan fingerprint density at radius 3 is 2.26 bits per heavy atom. The molecule has 7 heteroatoms. The summed E-state index contributed by atoms with van der Waals surface area (Å²) in [5.74, 6) is -0.612. The Bertz CT molecular complexity index is 1500. The van der Waals surface area contributed by atoms with Crippen molar-refractivity contribution in [1.82, 2.24) is 10.4 Å². The Morgan fingerprint density at radius 1 is 0.941 bits per heavy atom. The van der Waals surface area contributed by atoms with Crippen molar-refractivity contribution in [3.05, 3.63) is 107 Å². The van der Waals surface area contributed by atoms with Crippen molar-refractivity contribution in [2.75, 3.05) is 5.73 Å². The lowest BCUT2D eigenvalue weighted by atomic mass is 9.99. The molecular weight excluding hydrogens is 448 g/mol. The van der Waals surface area contributed by atoms with Gasteiger partial charge in [0, 0.05) is 10.6 Å². The quantitative estimate of drug-likeness (QED) is 0.239. The highest BCUT2D eigenvalue weighted by molar-refractivity contribution is 6.30. The van der Waals surface area contributed by atoms with Gasteiger partial charge in [0.05, 0.1) is 23.0 Å². The molecule has 3 aromatic carbocycles. The zero-order valence-electron chi connectivity index (χ0n) is 17.9. The number of fused-ring (bicyclic) bond motifs is 1. The van der Waals surface area contributed by atoms with E-state index in [2.05, 4.69) is 15.5 Å². The second kappa shape index (κ2) is 9.21. The highest BCUT2D eigenvalue weighted by Crippen LogP contribution is 2.38. The van der Waals surface area contributed by atoms with Crippen LogP contribution in [0.5, 0.6) is 0 Å². The summed E-state index contributed by atoms with van der Waals surface area (Å²) in [4.78, 5) is 17.5. The van der Waals surface area contributed by atoms with Crippen LogP contribution in [0.1, 0.15) is 16.1 Å². The summed E-state index contributed by atoms with van der Waals surface area (Å²) in [7, 11) is 0. The number of hydrazone groups is 1. The summed E-state index contributed by atoms with van der Waals surface area (Å²) in [5.41, 5.74) is 13.5. The largest absolute Gasteiger partial charge is 0.430 e. The molecule has 5 rings (SSSR count). The molecular formula is C27H19ClN4O2. The van der Waals surface area contributed by atoms with E-state index in [1.165, 1.54) is 6.21 Å². The first-order valence-electron chi connectivity index (χ1n) is 10.5. The van der Waals surface area contributed by atoms with Gasteiger partial charge in [-0.05, 0) is 34.9 Å². The first-order valence-corrected chi connectivity index (χ1v) is 10.9. The fourth-order valence-corrected chi connectivity index (χ4v) is 3.78. The molecule has 0 spiro atoms. The number of anilines is 1. The van der Waals surface area contributed by atoms with Crippen LogP contribution >= 0.6 is 11.6 Å². The molecule has 0 aliphatic heterocycles. The average Bonchev–Trinajstić information content (AvgIpc) is 3.22. The van der Waals surface area contributed by atoms with Crippen LogP contribution in [0.25, 0.3) is 33.5 Å². The highest BCUT2D eigenvalue weighted by Gasteiger charge is 2.23. The number of hydrogen-bond acceptors (Lipinski definition) is 5. The summed E-state index contributed by atoms with van der Waals surface area (Å²) in [6, 6.07) is 28.6. The molecule has 0 radical (unpaired) electrons. The van der Waals surface area contributed by atoms with Crippen LogP contribution in [0.3, 0.4) is 0 Å². The molecule has 166 valence electrons. The van der Waals surface area contributed by atoms with E-state index in [1.807, 2.05) is 66.7 Å². The van der Waals surface area contributed by atoms with Crippen LogP contribution in [0, 0.1) is 0 Å². The van der Waals surface area contributed by atoms with E-state index in [0.717, 1.165) is 22.3 Å². The van der Waals surface area contributed by atoms with Crippen molar-refractivity contribution < 1.29 is 9.21 Å². The number of halogens is 1. The molecule has 0 atom stereocenters. The van der Waals surface area contributed by atoms with Crippen LogP contribution in [0.2, 0.25) is 5.02 Å². The minimum absolute atomic E-state index is 0.0434. The highest BCUT2D eigenvalue weighted by atomic mass is 35.5. The van der Waals surface area contributed by atoms with Crippen molar-refractivity contribution in [2.45, 2.75) is 0 Å². The molecule has 0 saturated heterocycles. The standard InChI is InChI=1S/C27H19ClN4O2/c28-20-13-11-17(12-14-20)16-30-32-26(33)25-24(29)23-21(18-7-3-1-4-8-18)15-22(31-27(23)34-25)19-9-5-2-6-10-19/h1-16H,29H2,(H,32,33). The Labute approximate surface area is 200 Å². The normalized spacial score (nSPS) is 11.2. The summed E-state index contributed by atoms with van der Waals surface area (Å²) < 4.78 is 5.86. The van der Waals surface area contributed by atoms with Gasteiger partial charge in [-0.3, -0.25) is 4.79 Å². The lowest BCUT2D eigenvalue weighted by Gasteiger charge is -2.07. The van der Waals surface area contributed by atoms with Gasteiger partial charge in [0.2, 0.25) is 11.5 Å². The number of furan rings is 1. The first kappa shape index (κ1) is 21.4. The van der Waals surface area contributed by atoms with Gasteiger partial charge in [-0.25, -0.2) is 10.4 Å². The number of nitrogens with zero attached hydrogens (tertiary/aromatic N) is 2. The first-order chi connectivity index (χ1) is 16.6. The Hall–Kier alpha value is -4.42. The molecule has 6 nitrogen and oxygen atoms in total. The maximum Gasteiger partial charge on any atom is 0.309 e. The van der Waals surface area contributed by atoms with Gasteiger partial charge < -0.3 is 10.2 Å². The van der Waals surface area contributed by atoms with Crippen LogP contribution in [-0.2, 0) is 0 Å². The number of carbonyl (C=O) groups is 1. The predicted molar refractivity (Wildman–Crippen MR) is 136 cm³/mol. The third-order valence-electron chi connectivity index (χ3n) is 5.31. The second-order valence-electron chi connectivity index (χ2n) is 7.56. The summed E-state index contributed by atoms with van der Waals surface area (Å²) in [6.07, 6.45) is 1.51. The molecule has 2 aromatic heterocycles. The van der Waals surface area contributed by atoms with E-state index >= 15 is 0 Å². The molecule has 0 aliphatic carbocycles. The zero-order valence-corrected chi connectivity index (χ0v) is 18.7. The predicted octanol–water partition coefficient (Wildman–Crippen LogP) is 6.16. The molecule has 5 aromatic rings. The maximum atomic E-state index is 12.8. The SMILES string of the molecule is Nc1c(C(=O)NN=Cc2ccc(Cl)cc2)oc2nc(-c3ccccc3)cc(-c3ccccc3)c12. The molecule has 0 bridgehead atoms. The number of aromatic nitrogens is 1. The van der Waals surface area contributed by atoms with Crippen molar-refractivity contribution in [3.8, 4) is 22.4 Å². The van der Waals surface area contributed by atoms with Crippen LogP contribution in [-0.4, -0.2) is 17.1 Å². The lowest BCUT2D eigenvalue weighted by molar-refractivity contribution is 0.0930. The van der Waals surface area contributed by atoms with Crippen molar-refractivity contribution in [1.29, 1.82) is 0 Å². The Balaban J connectivity index is 1.55. The van der Waals surface area contributed by atoms with E-state index in [-0.39, 0.29) is 17.2 Å². The van der Waals surface area contributed by atoms with E-state index in [1.54, 1.807) is 24.3 Å². The molecule has 2 heterocycles. The van der Waals surface area contributed by atoms with Crippen molar-refractivity contribution >= 4 is 40.5 Å². The summed E-state index contributed by atoms with van der Waals surface area (Å²) in [6.45, 7) is 0. The summed E-state index contributed by atoms with van der Waals surface area (Å²) >= 11 is 5.89. The molecule has 34 heavy (non-hydrogen) atoms. The van der Waals surface area contributed by atoms with E-state index in [4.69, 9.17) is 21.8 Å². The second-order valence-corrected chi connectivity index (χ2v) is 8.00. The molecule has 0 saturated carbocycles.